The third-order valence-corrected chi connectivity index (χ3v) is 3.23. The van der Waals surface area contributed by atoms with Crippen LogP contribution in [0.25, 0.3) is 0 Å². The average molecular weight is 191 g/mol. The van der Waals surface area contributed by atoms with Gasteiger partial charge in [-0.3, -0.25) is 0 Å². The second-order valence-corrected chi connectivity index (χ2v) is 4.19. The van der Waals surface area contributed by atoms with Crippen molar-refractivity contribution in [3.8, 4) is 5.75 Å². The number of ether oxygens (including phenoxy) is 1. The van der Waals surface area contributed by atoms with Crippen molar-refractivity contribution in [2.24, 2.45) is 5.73 Å². The topological polar surface area (TPSA) is 35.2 Å². The highest BCUT2D eigenvalue weighted by atomic mass is 16.5. The smallest absolute Gasteiger partial charge is 0.122 e. The fraction of sp³-hybridized carbons (Fsp3) is 0.500. The zero-order valence-electron chi connectivity index (χ0n) is 8.84. The van der Waals surface area contributed by atoms with E-state index in [2.05, 4.69) is 18.2 Å². The average Bonchev–Trinajstić information content (AvgIpc) is 2.15. The molecule has 2 nitrogen and oxygen atoms in total. The maximum atomic E-state index is 6.24. The lowest BCUT2D eigenvalue weighted by Crippen LogP contribution is -2.43. The van der Waals surface area contributed by atoms with Gasteiger partial charge in [-0.1, -0.05) is 12.1 Å². The summed E-state index contributed by atoms with van der Waals surface area (Å²) in [6.45, 7) is 2.05. The number of aryl methyl sites for hydroxylation is 1. The molecule has 2 rings (SSSR count). The third kappa shape index (κ3) is 1.40. The van der Waals surface area contributed by atoms with E-state index in [1.54, 1.807) is 7.11 Å². The maximum absolute atomic E-state index is 6.24. The van der Waals surface area contributed by atoms with Gasteiger partial charge in [-0.2, -0.15) is 0 Å². The van der Waals surface area contributed by atoms with Crippen molar-refractivity contribution >= 4 is 0 Å². The molecule has 0 atom stereocenters. The Balaban J connectivity index is 2.35. The van der Waals surface area contributed by atoms with Crippen LogP contribution < -0.4 is 10.5 Å². The maximum Gasteiger partial charge on any atom is 0.122 e. The summed E-state index contributed by atoms with van der Waals surface area (Å²) in [6, 6.07) is 6.28. The summed E-state index contributed by atoms with van der Waals surface area (Å²) < 4.78 is 5.29. The Hall–Kier alpha value is -1.02. The summed E-state index contributed by atoms with van der Waals surface area (Å²) in [7, 11) is 1.70. The van der Waals surface area contributed by atoms with Gasteiger partial charge in [0.1, 0.15) is 5.75 Å². The van der Waals surface area contributed by atoms with E-state index in [0.29, 0.717) is 0 Å². The van der Waals surface area contributed by atoms with E-state index in [1.807, 2.05) is 6.92 Å². The van der Waals surface area contributed by atoms with Gasteiger partial charge in [0, 0.05) is 5.54 Å². The van der Waals surface area contributed by atoms with E-state index in [-0.39, 0.29) is 5.54 Å². The summed E-state index contributed by atoms with van der Waals surface area (Å²) >= 11 is 0. The number of nitrogens with two attached hydrogens (primary N) is 1. The summed E-state index contributed by atoms with van der Waals surface area (Å²) in [5.74, 6) is 0.944. The normalized spacial score (nSPS) is 18.8. The largest absolute Gasteiger partial charge is 0.496 e. The number of hydrogen-bond acceptors (Lipinski definition) is 2. The molecular formula is C12H17NO. The van der Waals surface area contributed by atoms with E-state index < -0.39 is 0 Å². The zero-order valence-corrected chi connectivity index (χ0v) is 8.84. The van der Waals surface area contributed by atoms with Gasteiger partial charge < -0.3 is 10.5 Å². The SMILES string of the molecule is COc1cc(C2(N)CCC2)ccc1C. The molecule has 0 aromatic heterocycles. The van der Waals surface area contributed by atoms with Crippen LogP contribution >= 0.6 is 0 Å². The van der Waals surface area contributed by atoms with Gasteiger partial charge in [0.05, 0.1) is 7.11 Å². The standard InChI is InChI=1S/C12H17NO/c1-9-4-5-10(8-11(9)14-2)12(13)6-3-7-12/h4-5,8H,3,6-7,13H2,1-2H3. The summed E-state index contributed by atoms with van der Waals surface area (Å²) in [6.07, 6.45) is 3.44. The summed E-state index contributed by atoms with van der Waals surface area (Å²) in [5.41, 5.74) is 8.54. The minimum atomic E-state index is -0.0824. The van der Waals surface area contributed by atoms with Crippen LogP contribution in [-0.4, -0.2) is 7.11 Å². The highest BCUT2D eigenvalue weighted by Crippen LogP contribution is 2.40. The highest BCUT2D eigenvalue weighted by molar-refractivity contribution is 5.40. The molecule has 1 aromatic carbocycles. The van der Waals surface area contributed by atoms with Crippen LogP contribution in [0.15, 0.2) is 18.2 Å². The molecule has 1 aliphatic carbocycles. The van der Waals surface area contributed by atoms with E-state index in [9.17, 15) is 0 Å². The van der Waals surface area contributed by atoms with Crippen molar-refractivity contribution in [1.29, 1.82) is 0 Å². The monoisotopic (exact) mass is 191 g/mol. The predicted octanol–water partition coefficient (Wildman–Crippen LogP) is 2.34. The zero-order chi connectivity index (χ0) is 10.2. The Morgan fingerprint density at radius 1 is 1.36 bits per heavy atom. The van der Waals surface area contributed by atoms with Crippen molar-refractivity contribution in [3.05, 3.63) is 29.3 Å². The van der Waals surface area contributed by atoms with Gasteiger partial charge in [-0.15, -0.1) is 0 Å². The first kappa shape index (κ1) is 9.53. The van der Waals surface area contributed by atoms with E-state index >= 15 is 0 Å². The molecule has 0 unspecified atom stereocenters. The molecule has 76 valence electrons. The number of rotatable bonds is 2. The molecule has 2 N–H and O–H groups in total. The van der Waals surface area contributed by atoms with E-state index in [4.69, 9.17) is 10.5 Å². The molecule has 0 bridgehead atoms. The molecule has 2 heteroatoms. The van der Waals surface area contributed by atoms with E-state index in [0.717, 1.165) is 18.6 Å². The lowest BCUT2D eigenvalue weighted by atomic mass is 9.72. The number of methoxy groups -OCH3 is 1. The first-order valence-electron chi connectivity index (χ1n) is 5.10. The second kappa shape index (κ2) is 3.28. The minimum absolute atomic E-state index is 0.0824. The van der Waals surface area contributed by atoms with Crippen LogP contribution in [-0.2, 0) is 5.54 Å². The Morgan fingerprint density at radius 3 is 2.57 bits per heavy atom. The van der Waals surface area contributed by atoms with Crippen LogP contribution in [0.4, 0.5) is 0 Å². The molecule has 0 saturated heterocycles. The highest BCUT2D eigenvalue weighted by Gasteiger charge is 2.34. The van der Waals surface area contributed by atoms with Gasteiger partial charge in [-0.25, -0.2) is 0 Å². The Morgan fingerprint density at radius 2 is 2.07 bits per heavy atom. The minimum Gasteiger partial charge on any atom is -0.496 e. The van der Waals surface area contributed by atoms with Crippen molar-refractivity contribution in [1.82, 2.24) is 0 Å². The predicted molar refractivity (Wildman–Crippen MR) is 57.4 cm³/mol. The van der Waals surface area contributed by atoms with Crippen LogP contribution in [0.5, 0.6) is 5.75 Å². The second-order valence-electron chi connectivity index (χ2n) is 4.19. The summed E-state index contributed by atoms with van der Waals surface area (Å²) in [4.78, 5) is 0. The molecule has 0 aliphatic heterocycles. The molecule has 0 amide bonds. The van der Waals surface area contributed by atoms with Crippen LogP contribution in [0, 0.1) is 6.92 Å². The fourth-order valence-corrected chi connectivity index (χ4v) is 1.98. The van der Waals surface area contributed by atoms with Gasteiger partial charge in [0.15, 0.2) is 0 Å². The summed E-state index contributed by atoms with van der Waals surface area (Å²) in [5, 5.41) is 0. The fourth-order valence-electron chi connectivity index (χ4n) is 1.98. The molecular weight excluding hydrogens is 174 g/mol. The van der Waals surface area contributed by atoms with Crippen molar-refractivity contribution in [2.75, 3.05) is 7.11 Å². The Labute approximate surface area is 85.1 Å². The quantitative estimate of drug-likeness (QED) is 0.778. The van der Waals surface area contributed by atoms with Gasteiger partial charge in [0.2, 0.25) is 0 Å². The number of hydrogen-bond donors (Lipinski definition) is 1. The molecule has 1 aromatic rings. The Bertz CT molecular complexity index is 342. The lowest BCUT2D eigenvalue weighted by molar-refractivity contribution is 0.252. The molecule has 1 aliphatic rings. The first-order chi connectivity index (χ1) is 6.65. The van der Waals surface area contributed by atoms with Crippen molar-refractivity contribution in [3.63, 3.8) is 0 Å². The third-order valence-electron chi connectivity index (χ3n) is 3.23. The lowest BCUT2D eigenvalue weighted by Gasteiger charge is -2.38. The van der Waals surface area contributed by atoms with Crippen LogP contribution in [0.1, 0.15) is 30.4 Å². The van der Waals surface area contributed by atoms with E-state index in [1.165, 1.54) is 17.5 Å². The number of benzene rings is 1. The molecule has 1 saturated carbocycles. The molecule has 1 fully saturated rings. The van der Waals surface area contributed by atoms with Crippen LogP contribution in [0.2, 0.25) is 0 Å². The van der Waals surface area contributed by atoms with Crippen LogP contribution in [0.3, 0.4) is 0 Å². The van der Waals surface area contributed by atoms with Crippen molar-refractivity contribution < 1.29 is 4.74 Å². The molecule has 0 spiro atoms. The Kier molecular flexibility index (Phi) is 2.23. The van der Waals surface area contributed by atoms with Crippen molar-refractivity contribution in [2.45, 2.75) is 31.7 Å². The van der Waals surface area contributed by atoms with Gasteiger partial charge in [-0.05, 0) is 43.4 Å². The molecule has 0 radical (unpaired) electrons. The molecule has 0 heterocycles. The molecule has 14 heavy (non-hydrogen) atoms. The first-order valence-corrected chi connectivity index (χ1v) is 5.10. The van der Waals surface area contributed by atoms with Gasteiger partial charge >= 0.3 is 0 Å². The van der Waals surface area contributed by atoms with Gasteiger partial charge in [0.25, 0.3) is 0 Å².